The lowest BCUT2D eigenvalue weighted by molar-refractivity contribution is 0.631. The van der Waals surface area contributed by atoms with Crippen LogP contribution in [-0.2, 0) is 13.5 Å². The van der Waals surface area contributed by atoms with E-state index in [1.807, 2.05) is 25.6 Å². The van der Waals surface area contributed by atoms with Crippen molar-refractivity contribution >= 4 is 11.8 Å². The summed E-state index contributed by atoms with van der Waals surface area (Å²) in [6, 6.07) is 1.59. The van der Waals surface area contributed by atoms with Gasteiger partial charge in [0.1, 0.15) is 5.03 Å². The van der Waals surface area contributed by atoms with Crippen molar-refractivity contribution in [3.8, 4) is 0 Å². The second-order valence-electron chi connectivity index (χ2n) is 5.16. The Bertz CT molecular complexity index is 691. The zero-order valence-electron chi connectivity index (χ0n) is 12.8. The van der Waals surface area contributed by atoms with Crippen LogP contribution in [0.3, 0.4) is 0 Å². The average molecular weight is 307 g/mol. The summed E-state index contributed by atoms with van der Waals surface area (Å²) in [6.07, 6.45) is 1.69. The van der Waals surface area contributed by atoms with Gasteiger partial charge in [0.05, 0.1) is 5.69 Å². The summed E-state index contributed by atoms with van der Waals surface area (Å²) < 4.78 is 1.82. The van der Waals surface area contributed by atoms with Gasteiger partial charge in [0.2, 0.25) is 0 Å². The van der Waals surface area contributed by atoms with Gasteiger partial charge < -0.3 is 10.7 Å². The minimum absolute atomic E-state index is 0.108. The number of rotatable bonds is 5. The standard InChI is InChI=1S/C14H21N5OS/c1-5-10(15)7-11-9(3)18-19(4)13(11)21-14-16-8(2)6-12(20)17-14/h6,10H,5,7,15H2,1-4H3,(H,16,17,20). The third kappa shape index (κ3) is 3.74. The maximum atomic E-state index is 11.5. The van der Waals surface area contributed by atoms with E-state index in [0.717, 1.165) is 29.1 Å². The minimum atomic E-state index is -0.143. The van der Waals surface area contributed by atoms with Crippen LogP contribution in [0.4, 0.5) is 0 Å². The van der Waals surface area contributed by atoms with E-state index in [-0.39, 0.29) is 11.6 Å². The quantitative estimate of drug-likeness (QED) is 0.818. The molecule has 3 N–H and O–H groups in total. The average Bonchev–Trinajstić information content (AvgIpc) is 2.64. The number of nitrogens with zero attached hydrogens (tertiary/aromatic N) is 3. The Hall–Kier alpha value is -1.60. The number of nitrogens with one attached hydrogen (secondary N) is 1. The number of hydrogen-bond donors (Lipinski definition) is 2. The zero-order valence-corrected chi connectivity index (χ0v) is 13.6. The van der Waals surface area contributed by atoms with Crippen LogP contribution < -0.4 is 11.3 Å². The highest BCUT2D eigenvalue weighted by atomic mass is 32.2. The maximum absolute atomic E-state index is 11.5. The van der Waals surface area contributed by atoms with Gasteiger partial charge in [-0.1, -0.05) is 6.92 Å². The van der Waals surface area contributed by atoms with Gasteiger partial charge in [-0.05, 0) is 38.5 Å². The highest BCUT2D eigenvalue weighted by Crippen LogP contribution is 2.30. The van der Waals surface area contributed by atoms with Gasteiger partial charge in [-0.15, -0.1) is 0 Å². The smallest absolute Gasteiger partial charge is 0.251 e. The van der Waals surface area contributed by atoms with Crippen LogP contribution in [0.15, 0.2) is 21.0 Å². The molecule has 0 bridgehead atoms. The number of nitrogens with two attached hydrogens (primary N) is 1. The first kappa shape index (κ1) is 15.8. The van der Waals surface area contributed by atoms with Crippen LogP contribution >= 0.6 is 11.8 Å². The van der Waals surface area contributed by atoms with Gasteiger partial charge in [-0.25, -0.2) is 4.98 Å². The predicted molar refractivity (Wildman–Crippen MR) is 83.6 cm³/mol. The van der Waals surface area contributed by atoms with Crippen molar-refractivity contribution in [2.24, 2.45) is 12.8 Å². The van der Waals surface area contributed by atoms with E-state index in [1.165, 1.54) is 17.8 Å². The molecule has 1 unspecified atom stereocenters. The summed E-state index contributed by atoms with van der Waals surface area (Å²) in [5.41, 5.74) is 8.73. The van der Waals surface area contributed by atoms with Gasteiger partial charge in [0.15, 0.2) is 5.16 Å². The molecule has 0 aromatic carbocycles. The third-order valence-corrected chi connectivity index (χ3v) is 4.41. The summed E-state index contributed by atoms with van der Waals surface area (Å²) >= 11 is 1.42. The van der Waals surface area contributed by atoms with E-state index >= 15 is 0 Å². The van der Waals surface area contributed by atoms with Gasteiger partial charge in [0, 0.05) is 30.4 Å². The van der Waals surface area contributed by atoms with Crippen LogP contribution in [0.5, 0.6) is 0 Å². The number of aromatic amines is 1. The molecule has 0 fully saturated rings. The van der Waals surface area contributed by atoms with Crippen molar-refractivity contribution in [1.29, 1.82) is 0 Å². The van der Waals surface area contributed by atoms with Crippen molar-refractivity contribution in [3.05, 3.63) is 33.4 Å². The van der Waals surface area contributed by atoms with Gasteiger partial charge >= 0.3 is 0 Å². The highest BCUT2D eigenvalue weighted by molar-refractivity contribution is 7.99. The van der Waals surface area contributed by atoms with Crippen molar-refractivity contribution in [2.45, 2.75) is 49.8 Å². The van der Waals surface area contributed by atoms with E-state index < -0.39 is 0 Å². The largest absolute Gasteiger partial charge is 0.327 e. The summed E-state index contributed by atoms with van der Waals surface area (Å²) in [5.74, 6) is 0. The van der Waals surface area contributed by atoms with E-state index in [9.17, 15) is 4.79 Å². The zero-order chi connectivity index (χ0) is 15.6. The van der Waals surface area contributed by atoms with Gasteiger partial charge in [-0.2, -0.15) is 5.10 Å². The monoisotopic (exact) mass is 307 g/mol. The third-order valence-electron chi connectivity index (χ3n) is 3.32. The van der Waals surface area contributed by atoms with Gasteiger partial charge in [0.25, 0.3) is 5.56 Å². The second-order valence-corrected chi connectivity index (χ2v) is 6.14. The number of aromatic nitrogens is 4. The number of hydrogen-bond acceptors (Lipinski definition) is 5. The van der Waals surface area contributed by atoms with Crippen molar-refractivity contribution in [3.63, 3.8) is 0 Å². The lowest BCUT2D eigenvalue weighted by atomic mass is 10.1. The van der Waals surface area contributed by atoms with Crippen molar-refractivity contribution in [1.82, 2.24) is 19.7 Å². The van der Waals surface area contributed by atoms with E-state index in [0.29, 0.717) is 10.9 Å². The van der Waals surface area contributed by atoms with Crippen molar-refractivity contribution < 1.29 is 0 Å². The van der Waals surface area contributed by atoms with E-state index in [1.54, 1.807) is 0 Å². The normalized spacial score (nSPS) is 12.6. The van der Waals surface area contributed by atoms with Crippen LogP contribution in [0.25, 0.3) is 0 Å². The Morgan fingerprint density at radius 2 is 2.19 bits per heavy atom. The molecule has 2 aromatic rings. The Balaban J connectivity index is 2.36. The Morgan fingerprint density at radius 3 is 2.81 bits per heavy atom. The fraction of sp³-hybridized carbons (Fsp3) is 0.500. The van der Waals surface area contributed by atoms with Crippen LogP contribution in [0, 0.1) is 13.8 Å². The second kappa shape index (κ2) is 6.44. The fourth-order valence-corrected chi connectivity index (χ4v) is 3.19. The topological polar surface area (TPSA) is 89.6 Å². The molecular formula is C14H21N5OS. The molecule has 0 amide bonds. The molecule has 7 heteroatoms. The lowest BCUT2D eigenvalue weighted by Crippen LogP contribution is -2.22. The van der Waals surface area contributed by atoms with Crippen LogP contribution in [0.2, 0.25) is 0 Å². The highest BCUT2D eigenvalue weighted by Gasteiger charge is 2.17. The van der Waals surface area contributed by atoms with E-state index in [4.69, 9.17) is 5.73 Å². The Morgan fingerprint density at radius 1 is 1.48 bits per heavy atom. The van der Waals surface area contributed by atoms with E-state index in [2.05, 4.69) is 22.0 Å². The SMILES string of the molecule is CCC(N)Cc1c(C)nn(C)c1Sc1nc(C)cc(=O)[nH]1. The first-order valence-electron chi connectivity index (χ1n) is 6.94. The summed E-state index contributed by atoms with van der Waals surface area (Å²) in [4.78, 5) is 18.7. The molecule has 21 heavy (non-hydrogen) atoms. The minimum Gasteiger partial charge on any atom is -0.327 e. The molecule has 0 aliphatic rings. The molecule has 0 spiro atoms. The molecule has 2 heterocycles. The molecule has 0 aliphatic heterocycles. The molecule has 2 rings (SSSR count). The predicted octanol–water partition coefficient (Wildman–Crippen LogP) is 1.55. The summed E-state index contributed by atoms with van der Waals surface area (Å²) in [6.45, 7) is 5.86. The molecule has 0 aliphatic carbocycles. The molecule has 2 aromatic heterocycles. The van der Waals surface area contributed by atoms with Gasteiger partial charge in [-0.3, -0.25) is 9.48 Å². The molecule has 6 nitrogen and oxygen atoms in total. The summed E-state index contributed by atoms with van der Waals surface area (Å²) in [5, 5.41) is 6.01. The van der Waals surface area contributed by atoms with Crippen LogP contribution in [0.1, 0.15) is 30.3 Å². The Kier molecular flexibility index (Phi) is 4.84. The number of aryl methyl sites for hydroxylation is 3. The fourth-order valence-electron chi connectivity index (χ4n) is 2.14. The number of H-pyrrole nitrogens is 1. The molecule has 1 atom stereocenters. The maximum Gasteiger partial charge on any atom is 0.251 e. The summed E-state index contributed by atoms with van der Waals surface area (Å²) in [7, 11) is 1.89. The molecule has 0 radical (unpaired) electrons. The van der Waals surface area contributed by atoms with Crippen LogP contribution in [-0.4, -0.2) is 25.8 Å². The molecule has 0 saturated heterocycles. The van der Waals surface area contributed by atoms with Crippen molar-refractivity contribution in [2.75, 3.05) is 0 Å². The Labute approximate surface area is 128 Å². The lowest BCUT2D eigenvalue weighted by Gasteiger charge is -2.10. The molecular weight excluding hydrogens is 286 g/mol. The first-order valence-corrected chi connectivity index (χ1v) is 7.76. The molecule has 0 saturated carbocycles. The first-order chi connectivity index (χ1) is 9.90. The molecule has 114 valence electrons.